The summed E-state index contributed by atoms with van der Waals surface area (Å²) >= 11 is 6.10. The number of nitrogens with zero attached hydrogens (tertiary/aromatic N) is 2. The van der Waals surface area contributed by atoms with Gasteiger partial charge in [0.05, 0.1) is 5.02 Å². The number of hydrogen-bond donors (Lipinski definition) is 1. The molecule has 0 aromatic heterocycles. The monoisotopic (exact) mass is 511 g/mol. The Balaban J connectivity index is 0.00000306. The van der Waals surface area contributed by atoms with Crippen molar-refractivity contribution < 1.29 is 17.9 Å². The zero-order valence-corrected chi connectivity index (χ0v) is 20.5. The average Bonchev–Trinajstić information content (AvgIpc) is 3.08. The molecule has 2 aromatic rings. The van der Waals surface area contributed by atoms with Crippen molar-refractivity contribution in [2.24, 2.45) is 5.14 Å². The Hall–Kier alpha value is -2.10. The number of nitrogens with two attached hydrogens (primary N) is 1. The molecular formula is C23H27Cl2N3O4S. The van der Waals surface area contributed by atoms with Crippen LogP contribution in [0.1, 0.15) is 34.3 Å². The number of ether oxygens (including phenoxy) is 1. The summed E-state index contributed by atoms with van der Waals surface area (Å²) in [6.45, 7) is 7.17. The molecule has 2 aromatic carbocycles. The maximum atomic E-state index is 13.0. The highest BCUT2D eigenvalue weighted by molar-refractivity contribution is 7.89. The minimum Gasteiger partial charge on any atom is -0.490 e. The molecule has 1 fully saturated rings. The van der Waals surface area contributed by atoms with Crippen LogP contribution < -0.4 is 9.88 Å². The normalized spacial score (nSPS) is 16.9. The molecule has 0 saturated carbocycles. The molecule has 0 bridgehead atoms. The van der Waals surface area contributed by atoms with Crippen LogP contribution in [-0.4, -0.2) is 49.9 Å². The van der Waals surface area contributed by atoms with Crippen LogP contribution in [0, 0.1) is 0 Å². The molecule has 2 aliphatic rings. The fraction of sp³-hybridized carbons (Fsp3) is 0.348. The zero-order valence-electron chi connectivity index (χ0n) is 18.1. The van der Waals surface area contributed by atoms with Gasteiger partial charge in [0.25, 0.3) is 5.91 Å². The lowest BCUT2D eigenvalue weighted by molar-refractivity contribution is 0.0590. The number of benzene rings is 2. The van der Waals surface area contributed by atoms with Crippen LogP contribution in [0.3, 0.4) is 0 Å². The van der Waals surface area contributed by atoms with Crippen molar-refractivity contribution in [1.29, 1.82) is 0 Å². The smallest absolute Gasteiger partial charge is 0.254 e. The SMILES string of the molecule is C=CCOc1ccc(CN2CCC(N3Cc4cc(Cl)c(S(N)(=O)=O)cc4C3=O)CC2)cc1.Cl. The maximum Gasteiger partial charge on any atom is 0.254 e. The topological polar surface area (TPSA) is 92.9 Å². The van der Waals surface area contributed by atoms with E-state index < -0.39 is 10.0 Å². The van der Waals surface area contributed by atoms with Crippen molar-refractivity contribution in [3.05, 3.63) is 70.8 Å². The minimum absolute atomic E-state index is 0. The third-order valence-electron chi connectivity index (χ3n) is 5.99. The Morgan fingerprint density at radius 1 is 1.18 bits per heavy atom. The van der Waals surface area contributed by atoms with Crippen molar-refractivity contribution in [3.63, 3.8) is 0 Å². The summed E-state index contributed by atoms with van der Waals surface area (Å²) in [4.78, 5) is 17.0. The van der Waals surface area contributed by atoms with Gasteiger partial charge in [0.2, 0.25) is 10.0 Å². The molecule has 2 heterocycles. The molecule has 10 heteroatoms. The van der Waals surface area contributed by atoms with Gasteiger partial charge in [-0.1, -0.05) is 36.4 Å². The number of primary sulfonamides is 1. The van der Waals surface area contributed by atoms with Crippen molar-refractivity contribution in [2.45, 2.75) is 36.9 Å². The first-order chi connectivity index (χ1) is 15.3. The molecule has 0 unspecified atom stereocenters. The Morgan fingerprint density at radius 3 is 2.45 bits per heavy atom. The summed E-state index contributed by atoms with van der Waals surface area (Å²) in [5.41, 5.74) is 2.33. The lowest BCUT2D eigenvalue weighted by Gasteiger charge is -2.36. The highest BCUT2D eigenvalue weighted by Gasteiger charge is 2.36. The lowest BCUT2D eigenvalue weighted by atomic mass is 10.0. The molecule has 0 atom stereocenters. The van der Waals surface area contributed by atoms with Crippen molar-refractivity contribution in [3.8, 4) is 5.75 Å². The summed E-state index contributed by atoms with van der Waals surface area (Å²) in [6.07, 6.45) is 3.43. The number of sulfonamides is 1. The van der Waals surface area contributed by atoms with Crippen LogP contribution in [0.5, 0.6) is 5.75 Å². The van der Waals surface area contributed by atoms with Crippen LogP contribution in [-0.2, 0) is 23.1 Å². The number of amides is 1. The molecule has 2 aliphatic heterocycles. The molecule has 0 aliphatic carbocycles. The average molecular weight is 512 g/mol. The van der Waals surface area contributed by atoms with Crippen molar-refractivity contribution in [1.82, 2.24) is 9.80 Å². The van der Waals surface area contributed by atoms with Gasteiger partial charge in [0.1, 0.15) is 17.3 Å². The first-order valence-electron chi connectivity index (χ1n) is 10.5. The van der Waals surface area contributed by atoms with Crippen LogP contribution in [0.2, 0.25) is 5.02 Å². The van der Waals surface area contributed by atoms with Gasteiger partial charge in [-0.3, -0.25) is 9.69 Å². The van der Waals surface area contributed by atoms with Gasteiger partial charge in [-0.15, -0.1) is 12.4 Å². The van der Waals surface area contributed by atoms with Gasteiger partial charge < -0.3 is 9.64 Å². The quantitative estimate of drug-likeness (QED) is 0.573. The molecular weight excluding hydrogens is 485 g/mol. The molecule has 178 valence electrons. The Bertz CT molecular complexity index is 1130. The minimum atomic E-state index is -3.99. The summed E-state index contributed by atoms with van der Waals surface area (Å²) in [6, 6.07) is 11.0. The van der Waals surface area contributed by atoms with E-state index in [1.165, 1.54) is 11.6 Å². The van der Waals surface area contributed by atoms with Gasteiger partial charge in [0, 0.05) is 37.8 Å². The molecule has 4 rings (SSSR count). The second kappa shape index (κ2) is 10.4. The van der Waals surface area contributed by atoms with E-state index in [0.29, 0.717) is 18.7 Å². The van der Waals surface area contributed by atoms with E-state index in [1.54, 1.807) is 12.1 Å². The third-order valence-corrected chi connectivity index (χ3v) is 7.37. The second-order valence-electron chi connectivity index (χ2n) is 8.17. The van der Waals surface area contributed by atoms with Gasteiger partial charge in [-0.25, -0.2) is 13.6 Å². The second-order valence-corrected chi connectivity index (χ2v) is 10.1. The third kappa shape index (κ3) is 5.70. The molecule has 7 nitrogen and oxygen atoms in total. The number of halogens is 2. The fourth-order valence-electron chi connectivity index (χ4n) is 4.34. The van der Waals surface area contributed by atoms with Gasteiger partial charge in [-0.05, 0) is 48.2 Å². The van der Waals surface area contributed by atoms with Crippen LogP contribution in [0.4, 0.5) is 0 Å². The number of carbonyl (C=O) groups excluding carboxylic acids is 1. The highest BCUT2D eigenvalue weighted by atomic mass is 35.5. The predicted molar refractivity (Wildman–Crippen MR) is 130 cm³/mol. The lowest BCUT2D eigenvalue weighted by Crippen LogP contribution is -2.44. The largest absolute Gasteiger partial charge is 0.490 e. The summed E-state index contributed by atoms with van der Waals surface area (Å²) in [5.74, 6) is 0.667. The van der Waals surface area contributed by atoms with Crippen molar-refractivity contribution in [2.75, 3.05) is 19.7 Å². The molecule has 2 N–H and O–H groups in total. The maximum absolute atomic E-state index is 13.0. The van der Waals surface area contributed by atoms with E-state index in [-0.39, 0.29) is 34.3 Å². The Kier molecular flexibility index (Phi) is 8.08. The highest BCUT2D eigenvalue weighted by Crippen LogP contribution is 2.33. The Labute approximate surface area is 205 Å². The van der Waals surface area contributed by atoms with E-state index in [0.717, 1.165) is 43.8 Å². The molecule has 0 radical (unpaired) electrons. The van der Waals surface area contributed by atoms with Gasteiger partial charge in [0.15, 0.2) is 0 Å². The number of fused-ring (bicyclic) bond motifs is 1. The number of piperidine rings is 1. The molecule has 33 heavy (non-hydrogen) atoms. The molecule has 1 saturated heterocycles. The number of rotatable bonds is 7. The van der Waals surface area contributed by atoms with Crippen molar-refractivity contribution >= 4 is 39.9 Å². The molecule has 1 amide bonds. The van der Waals surface area contributed by atoms with E-state index in [4.69, 9.17) is 21.5 Å². The van der Waals surface area contributed by atoms with Gasteiger partial charge >= 0.3 is 0 Å². The van der Waals surface area contributed by atoms with Crippen LogP contribution in [0.25, 0.3) is 0 Å². The fourth-order valence-corrected chi connectivity index (χ4v) is 5.46. The van der Waals surface area contributed by atoms with E-state index in [2.05, 4.69) is 23.6 Å². The molecule has 0 spiro atoms. The zero-order chi connectivity index (χ0) is 22.9. The summed E-state index contributed by atoms with van der Waals surface area (Å²) in [5, 5.41) is 5.28. The van der Waals surface area contributed by atoms with Crippen LogP contribution in [0.15, 0.2) is 53.9 Å². The standard InChI is InChI=1S/C23H26ClN3O4S.ClH/c1-2-11-31-19-5-3-16(4-6-19)14-26-9-7-18(8-10-26)27-15-17-12-21(24)22(32(25,29)30)13-20(17)23(27)28;/h2-6,12-13,18H,1,7-11,14-15H2,(H2,25,29,30);1H. The first kappa shape index (κ1) is 25.5. The summed E-state index contributed by atoms with van der Waals surface area (Å²) in [7, 11) is -3.99. The van der Waals surface area contributed by atoms with Crippen LogP contribution >= 0.6 is 24.0 Å². The van der Waals surface area contributed by atoms with E-state index in [1.807, 2.05) is 17.0 Å². The van der Waals surface area contributed by atoms with Gasteiger partial charge in [-0.2, -0.15) is 0 Å². The predicted octanol–water partition coefficient (Wildman–Crippen LogP) is 3.59. The van der Waals surface area contributed by atoms with E-state index in [9.17, 15) is 13.2 Å². The van der Waals surface area contributed by atoms with E-state index >= 15 is 0 Å². The Morgan fingerprint density at radius 2 is 1.85 bits per heavy atom. The number of carbonyl (C=O) groups is 1. The number of likely N-dealkylation sites (tertiary alicyclic amines) is 1. The number of hydrogen-bond acceptors (Lipinski definition) is 5. The summed E-state index contributed by atoms with van der Waals surface area (Å²) < 4.78 is 29.0. The first-order valence-corrected chi connectivity index (χ1v) is 12.4.